The Kier molecular flexibility index (Phi) is 5.02. The van der Waals surface area contributed by atoms with Gasteiger partial charge < -0.3 is 20.1 Å². The lowest BCUT2D eigenvalue weighted by atomic mass is 10.2. The van der Waals surface area contributed by atoms with Crippen molar-refractivity contribution in [3.8, 4) is 11.8 Å². The molecule has 0 bridgehead atoms. The number of phenols is 1. The van der Waals surface area contributed by atoms with Crippen molar-refractivity contribution in [3.05, 3.63) is 36.0 Å². The predicted octanol–water partition coefficient (Wildman–Crippen LogP) is 1.85. The number of hydrogen-bond donors (Lipinski definition) is 2. The van der Waals surface area contributed by atoms with Gasteiger partial charge in [-0.25, -0.2) is 0 Å². The molecule has 6 nitrogen and oxygen atoms in total. The number of carbonyl (C=O) groups is 1. The molecule has 0 spiro atoms. The van der Waals surface area contributed by atoms with Crippen molar-refractivity contribution >= 4 is 11.6 Å². The fourth-order valence-corrected chi connectivity index (χ4v) is 2.37. The van der Waals surface area contributed by atoms with Gasteiger partial charge in [0.1, 0.15) is 17.4 Å². The van der Waals surface area contributed by atoms with Crippen LogP contribution < -0.4 is 5.32 Å². The molecule has 1 aliphatic heterocycles. The second kappa shape index (κ2) is 6.96. The standard InChI is InChI=1S/C16H19N3O3/c1-11-9-19(10-12(2)22-11)16(21)13(7-17)8-18-14-3-5-15(20)6-4-14/h3-6,8,11-12,18,20H,9-10H2,1-2H3/b13-8-. The molecule has 6 heteroatoms. The summed E-state index contributed by atoms with van der Waals surface area (Å²) in [5.41, 5.74) is 0.719. The third-order valence-electron chi connectivity index (χ3n) is 3.31. The molecule has 0 aliphatic carbocycles. The van der Waals surface area contributed by atoms with E-state index in [0.717, 1.165) is 0 Å². The van der Waals surface area contributed by atoms with Gasteiger partial charge in [0.15, 0.2) is 0 Å². The van der Waals surface area contributed by atoms with E-state index in [-0.39, 0.29) is 29.4 Å². The molecule has 1 aliphatic rings. The Labute approximate surface area is 129 Å². The normalized spacial score (nSPS) is 22.0. The zero-order valence-electron chi connectivity index (χ0n) is 12.6. The minimum absolute atomic E-state index is 0.0365. The molecule has 0 radical (unpaired) electrons. The van der Waals surface area contributed by atoms with Gasteiger partial charge in [0, 0.05) is 25.0 Å². The van der Waals surface area contributed by atoms with Crippen LogP contribution in [0.4, 0.5) is 5.69 Å². The molecule has 1 aromatic rings. The summed E-state index contributed by atoms with van der Waals surface area (Å²) in [6.07, 6.45) is 1.30. The van der Waals surface area contributed by atoms with E-state index >= 15 is 0 Å². The fourth-order valence-electron chi connectivity index (χ4n) is 2.37. The summed E-state index contributed by atoms with van der Waals surface area (Å²) in [5, 5.41) is 21.3. The van der Waals surface area contributed by atoms with Gasteiger partial charge in [0.25, 0.3) is 5.91 Å². The highest BCUT2D eigenvalue weighted by Crippen LogP contribution is 2.16. The van der Waals surface area contributed by atoms with Crippen molar-refractivity contribution in [1.82, 2.24) is 4.90 Å². The number of phenolic OH excluding ortho intramolecular Hbond substituents is 1. The first-order chi connectivity index (χ1) is 10.5. The topological polar surface area (TPSA) is 85.6 Å². The summed E-state index contributed by atoms with van der Waals surface area (Å²) in [4.78, 5) is 14.0. The highest BCUT2D eigenvalue weighted by atomic mass is 16.5. The number of rotatable bonds is 3. The van der Waals surface area contributed by atoms with Gasteiger partial charge in [0.05, 0.1) is 12.2 Å². The molecule has 116 valence electrons. The molecule has 1 saturated heterocycles. The Hall–Kier alpha value is -2.52. The van der Waals surface area contributed by atoms with Crippen molar-refractivity contribution in [2.75, 3.05) is 18.4 Å². The highest BCUT2D eigenvalue weighted by molar-refractivity contribution is 5.97. The summed E-state index contributed by atoms with van der Waals surface area (Å²) in [6.45, 7) is 4.75. The lowest BCUT2D eigenvalue weighted by Crippen LogP contribution is -2.48. The van der Waals surface area contributed by atoms with E-state index in [9.17, 15) is 15.2 Å². The maximum Gasteiger partial charge on any atom is 0.266 e. The fraction of sp³-hybridized carbons (Fsp3) is 0.375. The molecule has 2 N–H and O–H groups in total. The minimum Gasteiger partial charge on any atom is -0.508 e. The van der Waals surface area contributed by atoms with Crippen LogP contribution >= 0.6 is 0 Å². The van der Waals surface area contributed by atoms with Crippen molar-refractivity contribution < 1.29 is 14.6 Å². The number of aromatic hydroxyl groups is 1. The Morgan fingerprint density at radius 2 is 1.95 bits per heavy atom. The van der Waals surface area contributed by atoms with Gasteiger partial charge in [0.2, 0.25) is 0 Å². The average molecular weight is 301 g/mol. The van der Waals surface area contributed by atoms with Crippen LogP contribution in [0.2, 0.25) is 0 Å². The SMILES string of the molecule is CC1CN(C(=O)/C(C#N)=C\Nc2ccc(O)cc2)CC(C)O1. The molecule has 1 fully saturated rings. The number of hydrogen-bond acceptors (Lipinski definition) is 5. The number of carbonyl (C=O) groups excluding carboxylic acids is 1. The second-order valence-corrected chi connectivity index (χ2v) is 5.33. The van der Waals surface area contributed by atoms with Crippen molar-refractivity contribution in [1.29, 1.82) is 5.26 Å². The van der Waals surface area contributed by atoms with E-state index in [2.05, 4.69) is 5.32 Å². The number of benzene rings is 1. The van der Waals surface area contributed by atoms with Crippen LogP contribution in [-0.2, 0) is 9.53 Å². The summed E-state index contributed by atoms with van der Waals surface area (Å²) >= 11 is 0. The molecule has 2 atom stereocenters. The summed E-state index contributed by atoms with van der Waals surface area (Å²) in [7, 11) is 0. The lowest BCUT2D eigenvalue weighted by Gasteiger charge is -2.35. The van der Waals surface area contributed by atoms with Crippen LogP contribution in [-0.4, -0.2) is 41.2 Å². The molecular formula is C16H19N3O3. The van der Waals surface area contributed by atoms with Crippen LogP contribution in [0.3, 0.4) is 0 Å². The molecular weight excluding hydrogens is 282 g/mol. The zero-order valence-corrected chi connectivity index (χ0v) is 12.6. The minimum atomic E-state index is -0.309. The number of nitrogens with one attached hydrogen (secondary N) is 1. The third kappa shape index (κ3) is 3.99. The first-order valence-electron chi connectivity index (χ1n) is 7.10. The Bertz CT molecular complexity index is 594. The van der Waals surface area contributed by atoms with Crippen LogP contribution in [0.5, 0.6) is 5.75 Å². The van der Waals surface area contributed by atoms with Crippen LogP contribution in [0.25, 0.3) is 0 Å². The molecule has 0 saturated carbocycles. The van der Waals surface area contributed by atoms with E-state index in [1.54, 1.807) is 17.0 Å². The first-order valence-corrected chi connectivity index (χ1v) is 7.10. The van der Waals surface area contributed by atoms with E-state index in [0.29, 0.717) is 18.8 Å². The van der Waals surface area contributed by atoms with Gasteiger partial charge in [-0.1, -0.05) is 0 Å². The Morgan fingerprint density at radius 1 is 1.36 bits per heavy atom. The second-order valence-electron chi connectivity index (χ2n) is 5.33. The smallest absolute Gasteiger partial charge is 0.266 e. The van der Waals surface area contributed by atoms with E-state index in [1.165, 1.54) is 18.3 Å². The summed E-state index contributed by atoms with van der Waals surface area (Å²) in [5.74, 6) is -0.154. The van der Waals surface area contributed by atoms with Crippen molar-refractivity contribution in [2.45, 2.75) is 26.1 Å². The van der Waals surface area contributed by atoms with Crippen molar-refractivity contribution in [3.63, 3.8) is 0 Å². The highest BCUT2D eigenvalue weighted by Gasteiger charge is 2.27. The summed E-state index contributed by atoms with van der Waals surface area (Å²) in [6, 6.07) is 8.29. The quantitative estimate of drug-likeness (QED) is 0.505. The Balaban J connectivity index is 2.06. The monoisotopic (exact) mass is 301 g/mol. The van der Waals surface area contributed by atoms with Gasteiger partial charge >= 0.3 is 0 Å². The molecule has 1 heterocycles. The molecule has 2 unspecified atom stereocenters. The number of ether oxygens (including phenoxy) is 1. The van der Waals surface area contributed by atoms with Gasteiger partial charge in [-0.3, -0.25) is 4.79 Å². The van der Waals surface area contributed by atoms with Crippen LogP contribution in [0.15, 0.2) is 36.0 Å². The third-order valence-corrected chi connectivity index (χ3v) is 3.31. The Morgan fingerprint density at radius 3 is 2.50 bits per heavy atom. The molecule has 0 aromatic heterocycles. The van der Waals surface area contributed by atoms with E-state index in [1.807, 2.05) is 19.9 Å². The number of morpholine rings is 1. The van der Waals surface area contributed by atoms with Gasteiger partial charge in [-0.2, -0.15) is 5.26 Å². The number of amides is 1. The predicted molar refractivity (Wildman–Crippen MR) is 82.0 cm³/mol. The summed E-state index contributed by atoms with van der Waals surface area (Å²) < 4.78 is 5.58. The largest absolute Gasteiger partial charge is 0.508 e. The van der Waals surface area contributed by atoms with E-state index < -0.39 is 0 Å². The molecule has 2 rings (SSSR count). The maximum atomic E-state index is 12.4. The molecule has 22 heavy (non-hydrogen) atoms. The molecule has 1 aromatic carbocycles. The van der Waals surface area contributed by atoms with E-state index in [4.69, 9.17) is 4.74 Å². The first kappa shape index (κ1) is 15.9. The van der Waals surface area contributed by atoms with Crippen LogP contribution in [0.1, 0.15) is 13.8 Å². The lowest BCUT2D eigenvalue weighted by molar-refractivity contribution is -0.138. The molecule has 1 amide bonds. The van der Waals surface area contributed by atoms with Crippen LogP contribution in [0, 0.1) is 11.3 Å². The van der Waals surface area contributed by atoms with Crippen molar-refractivity contribution in [2.24, 2.45) is 0 Å². The number of anilines is 1. The van der Waals surface area contributed by atoms with Gasteiger partial charge in [-0.05, 0) is 38.1 Å². The number of nitriles is 1. The number of nitrogens with zero attached hydrogens (tertiary/aromatic N) is 2. The maximum absolute atomic E-state index is 12.4. The van der Waals surface area contributed by atoms with Gasteiger partial charge in [-0.15, -0.1) is 0 Å². The zero-order chi connectivity index (χ0) is 16.1. The average Bonchev–Trinajstić information content (AvgIpc) is 2.48.